The lowest BCUT2D eigenvalue weighted by Gasteiger charge is -2.12. The van der Waals surface area contributed by atoms with Crippen LogP contribution in [0.5, 0.6) is 0 Å². The Bertz CT molecular complexity index is 840. The van der Waals surface area contributed by atoms with E-state index in [1.54, 1.807) is 7.05 Å². The van der Waals surface area contributed by atoms with Crippen molar-refractivity contribution in [1.82, 2.24) is 25.8 Å². The van der Waals surface area contributed by atoms with Crippen LogP contribution in [0.2, 0.25) is 0 Å². The summed E-state index contributed by atoms with van der Waals surface area (Å²) in [6, 6.07) is 8.10. The maximum Gasteiger partial charge on any atom is 0.191 e. The summed E-state index contributed by atoms with van der Waals surface area (Å²) in [5.41, 5.74) is 4.26. The van der Waals surface area contributed by atoms with E-state index < -0.39 is 0 Å². The minimum absolute atomic E-state index is 0.666. The average Bonchev–Trinajstić information content (AvgIpc) is 3.30. The zero-order valence-corrected chi connectivity index (χ0v) is 16.3. The molecule has 2 aromatic heterocycles. The highest BCUT2D eigenvalue weighted by atomic mass is 16.5. The van der Waals surface area contributed by atoms with Crippen LogP contribution in [0.25, 0.3) is 11.0 Å². The third-order valence-electron chi connectivity index (χ3n) is 4.58. The van der Waals surface area contributed by atoms with Crippen LogP contribution in [-0.2, 0) is 25.8 Å². The number of aliphatic imine (C=N–C) groups is 1. The van der Waals surface area contributed by atoms with Crippen LogP contribution in [0.3, 0.4) is 0 Å². The van der Waals surface area contributed by atoms with Crippen molar-refractivity contribution < 1.29 is 4.52 Å². The van der Waals surface area contributed by atoms with Gasteiger partial charge in [0.05, 0.1) is 16.7 Å². The first kappa shape index (κ1) is 18.9. The van der Waals surface area contributed by atoms with Gasteiger partial charge in [0.2, 0.25) is 0 Å². The second-order valence-electron chi connectivity index (χ2n) is 6.39. The lowest BCUT2D eigenvalue weighted by Crippen LogP contribution is -2.37. The number of guanidine groups is 1. The number of rotatable bonds is 8. The average molecular weight is 368 g/mol. The van der Waals surface area contributed by atoms with Gasteiger partial charge in [-0.25, -0.2) is 4.98 Å². The molecule has 0 radical (unpaired) electrons. The van der Waals surface area contributed by atoms with Gasteiger partial charge in [-0.2, -0.15) is 0 Å². The van der Waals surface area contributed by atoms with Crippen molar-refractivity contribution in [1.29, 1.82) is 0 Å². The minimum atomic E-state index is 0.666. The fourth-order valence-electron chi connectivity index (χ4n) is 3.12. The zero-order chi connectivity index (χ0) is 19.1. The van der Waals surface area contributed by atoms with E-state index in [-0.39, 0.29) is 0 Å². The van der Waals surface area contributed by atoms with Crippen LogP contribution in [-0.4, -0.2) is 34.7 Å². The molecule has 0 saturated heterocycles. The van der Waals surface area contributed by atoms with E-state index in [0.29, 0.717) is 6.54 Å². The monoisotopic (exact) mass is 368 g/mol. The third kappa shape index (κ3) is 4.67. The molecule has 0 aliphatic carbocycles. The third-order valence-corrected chi connectivity index (χ3v) is 4.58. The fraction of sp³-hybridized carbons (Fsp3) is 0.450. The number of hydrogen-bond donors (Lipinski definition) is 3. The Kier molecular flexibility index (Phi) is 6.46. The second-order valence-corrected chi connectivity index (χ2v) is 6.39. The summed E-state index contributed by atoms with van der Waals surface area (Å²) in [6.45, 7) is 5.65. The zero-order valence-electron chi connectivity index (χ0n) is 16.3. The molecule has 3 rings (SSSR count). The van der Waals surface area contributed by atoms with Crippen LogP contribution >= 0.6 is 0 Å². The van der Waals surface area contributed by atoms with Crippen molar-refractivity contribution in [2.75, 3.05) is 13.6 Å². The molecule has 144 valence electrons. The summed E-state index contributed by atoms with van der Waals surface area (Å²) in [7, 11) is 1.78. The highest BCUT2D eigenvalue weighted by molar-refractivity contribution is 5.79. The van der Waals surface area contributed by atoms with Crippen molar-refractivity contribution in [3.8, 4) is 0 Å². The lowest BCUT2D eigenvalue weighted by atomic mass is 10.1. The Hall–Kier alpha value is -2.83. The van der Waals surface area contributed by atoms with Crippen LogP contribution < -0.4 is 10.6 Å². The van der Waals surface area contributed by atoms with Crippen molar-refractivity contribution in [2.24, 2.45) is 4.99 Å². The van der Waals surface area contributed by atoms with E-state index in [4.69, 9.17) is 4.52 Å². The summed E-state index contributed by atoms with van der Waals surface area (Å²) in [5, 5.41) is 10.9. The van der Waals surface area contributed by atoms with Gasteiger partial charge in [-0.05, 0) is 25.0 Å². The lowest BCUT2D eigenvalue weighted by molar-refractivity contribution is 0.380. The topological polar surface area (TPSA) is 91.1 Å². The molecule has 1 aromatic carbocycles. The van der Waals surface area contributed by atoms with Gasteiger partial charge in [-0.15, -0.1) is 0 Å². The number of imidazole rings is 1. The molecule has 7 nitrogen and oxygen atoms in total. The summed E-state index contributed by atoms with van der Waals surface area (Å²) in [4.78, 5) is 12.3. The van der Waals surface area contributed by atoms with Crippen molar-refractivity contribution in [2.45, 2.75) is 46.1 Å². The molecule has 0 saturated carbocycles. The van der Waals surface area contributed by atoms with Gasteiger partial charge in [0.15, 0.2) is 5.96 Å². The van der Waals surface area contributed by atoms with Gasteiger partial charge in [-0.1, -0.05) is 31.1 Å². The molecule has 0 fully saturated rings. The number of benzene rings is 1. The van der Waals surface area contributed by atoms with E-state index in [1.807, 2.05) is 18.2 Å². The number of aryl methyl sites for hydroxylation is 3. The van der Waals surface area contributed by atoms with E-state index in [9.17, 15) is 0 Å². The van der Waals surface area contributed by atoms with E-state index in [1.165, 1.54) is 0 Å². The van der Waals surface area contributed by atoms with Crippen LogP contribution in [0, 0.1) is 0 Å². The molecule has 0 unspecified atom stereocenters. The van der Waals surface area contributed by atoms with E-state index in [0.717, 1.165) is 72.1 Å². The van der Waals surface area contributed by atoms with Crippen molar-refractivity contribution >= 4 is 17.0 Å². The molecule has 27 heavy (non-hydrogen) atoms. The molecule has 2 heterocycles. The molecule has 3 N–H and O–H groups in total. The molecular weight excluding hydrogens is 340 g/mol. The number of nitrogens with one attached hydrogen (secondary N) is 3. The first-order valence-corrected chi connectivity index (χ1v) is 9.59. The number of aromatic nitrogens is 3. The van der Waals surface area contributed by atoms with E-state index >= 15 is 0 Å². The Labute approximate surface area is 159 Å². The normalized spacial score (nSPS) is 11.9. The molecule has 0 aliphatic heterocycles. The molecular formula is C20H28N6O. The van der Waals surface area contributed by atoms with Gasteiger partial charge in [0.25, 0.3) is 0 Å². The number of aromatic amines is 1. The van der Waals surface area contributed by atoms with Crippen LogP contribution in [0.4, 0.5) is 0 Å². The first-order valence-electron chi connectivity index (χ1n) is 9.59. The number of nitrogens with zero attached hydrogens (tertiary/aromatic N) is 3. The maximum absolute atomic E-state index is 5.41. The number of para-hydroxylation sites is 2. The van der Waals surface area contributed by atoms with Crippen LogP contribution in [0.1, 0.15) is 43.1 Å². The van der Waals surface area contributed by atoms with Gasteiger partial charge < -0.3 is 20.1 Å². The Balaban J connectivity index is 1.46. The summed E-state index contributed by atoms with van der Waals surface area (Å²) in [5.74, 6) is 2.75. The molecule has 0 amide bonds. The van der Waals surface area contributed by atoms with Crippen molar-refractivity contribution in [3.63, 3.8) is 0 Å². The quantitative estimate of drug-likeness (QED) is 0.323. The minimum Gasteiger partial charge on any atom is -0.361 e. The van der Waals surface area contributed by atoms with Crippen LogP contribution in [0.15, 0.2) is 33.8 Å². The van der Waals surface area contributed by atoms with Crippen molar-refractivity contribution in [3.05, 3.63) is 47.1 Å². The largest absolute Gasteiger partial charge is 0.361 e. The molecule has 0 bridgehead atoms. The molecule has 0 atom stereocenters. The number of H-pyrrole nitrogens is 1. The highest BCUT2D eigenvalue weighted by Crippen LogP contribution is 2.15. The van der Waals surface area contributed by atoms with Gasteiger partial charge in [0, 0.05) is 38.5 Å². The smallest absolute Gasteiger partial charge is 0.191 e. The van der Waals surface area contributed by atoms with Gasteiger partial charge in [0.1, 0.15) is 11.6 Å². The predicted molar refractivity (Wildman–Crippen MR) is 108 cm³/mol. The standard InChI is InChI=1S/C20H28N6O/c1-4-15-14(18(5-2)27-26-15)13-23-20(21-3)22-12-8-11-19-24-16-9-6-7-10-17(16)25-19/h6-7,9-10H,4-5,8,11-13H2,1-3H3,(H,24,25)(H2,21,22,23). The maximum atomic E-state index is 5.41. The Morgan fingerprint density at radius 2 is 2.04 bits per heavy atom. The SMILES string of the molecule is CCc1noc(CC)c1CNC(=NC)NCCCc1nc2ccccc2[nH]1. The predicted octanol–water partition coefficient (Wildman–Crippen LogP) is 2.97. The highest BCUT2D eigenvalue weighted by Gasteiger charge is 2.13. The molecule has 3 aromatic rings. The number of hydrogen-bond acceptors (Lipinski definition) is 4. The second kappa shape index (κ2) is 9.21. The molecule has 0 aliphatic rings. The molecule has 0 spiro atoms. The first-order chi connectivity index (χ1) is 13.2. The van der Waals surface area contributed by atoms with E-state index in [2.05, 4.69) is 50.7 Å². The summed E-state index contributed by atoms with van der Waals surface area (Å²) < 4.78 is 5.41. The Morgan fingerprint density at radius 1 is 1.19 bits per heavy atom. The number of fused-ring (bicyclic) bond motifs is 1. The molecule has 7 heteroatoms. The summed E-state index contributed by atoms with van der Waals surface area (Å²) >= 11 is 0. The Morgan fingerprint density at radius 3 is 2.78 bits per heavy atom. The van der Waals surface area contributed by atoms with Gasteiger partial charge in [-0.3, -0.25) is 4.99 Å². The summed E-state index contributed by atoms with van der Waals surface area (Å²) in [6.07, 6.45) is 3.57. The van der Waals surface area contributed by atoms with Gasteiger partial charge >= 0.3 is 0 Å². The fourth-order valence-corrected chi connectivity index (χ4v) is 3.12.